The van der Waals surface area contributed by atoms with Crippen LogP contribution in [0.2, 0.25) is 0 Å². The first kappa shape index (κ1) is 26.8. The number of nitrogens with one attached hydrogen (secondary N) is 1. The van der Waals surface area contributed by atoms with Gasteiger partial charge in [-0.15, -0.1) is 0 Å². The largest absolute Gasteiger partial charge is 0.490 e. The van der Waals surface area contributed by atoms with E-state index in [0.717, 1.165) is 11.1 Å². The highest BCUT2D eigenvalue weighted by atomic mass is 16.6. The van der Waals surface area contributed by atoms with Crippen LogP contribution in [-0.2, 0) is 27.3 Å². The molecule has 0 aliphatic carbocycles. The van der Waals surface area contributed by atoms with Gasteiger partial charge in [-0.25, -0.2) is 14.4 Å². The Labute approximate surface area is 211 Å². The first-order valence-electron chi connectivity index (χ1n) is 12.0. The maximum Gasteiger partial charge on any atom is 0.410 e. The maximum absolute atomic E-state index is 12.3. The van der Waals surface area contributed by atoms with E-state index in [0.29, 0.717) is 31.7 Å². The molecule has 1 fully saturated rings. The molecule has 2 N–H and O–H groups in total. The van der Waals surface area contributed by atoms with Gasteiger partial charge in [-0.1, -0.05) is 42.5 Å². The molecule has 2 amide bonds. The number of piperidine rings is 1. The third kappa shape index (κ3) is 8.79. The molecule has 2 aromatic carbocycles. The SMILES string of the molecule is CC(C)(C)OC(=O)N[C@@H](Cc1ccc(OC2CCN(C(=O)OCc3ccccc3)CC2)cc1)C(=O)O. The average Bonchev–Trinajstić information content (AvgIpc) is 2.83. The van der Waals surface area contributed by atoms with Gasteiger partial charge in [0.05, 0.1) is 0 Å². The van der Waals surface area contributed by atoms with Crippen LogP contribution in [0.3, 0.4) is 0 Å². The van der Waals surface area contributed by atoms with Gasteiger partial charge in [-0.05, 0) is 44.0 Å². The minimum Gasteiger partial charge on any atom is -0.490 e. The molecule has 0 saturated carbocycles. The van der Waals surface area contributed by atoms with Crippen LogP contribution in [0.25, 0.3) is 0 Å². The van der Waals surface area contributed by atoms with Crippen LogP contribution in [0, 0.1) is 0 Å². The van der Waals surface area contributed by atoms with Crippen molar-refractivity contribution in [3.63, 3.8) is 0 Å². The minimum atomic E-state index is -1.14. The zero-order valence-corrected chi connectivity index (χ0v) is 20.9. The summed E-state index contributed by atoms with van der Waals surface area (Å²) in [6.45, 7) is 6.48. The summed E-state index contributed by atoms with van der Waals surface area (Å²) in [6.07, 6.45) is 0.347. The van der Waals surface area contributed by atoms with Crippen molar-refractivity contribution in [2.24, 2.45) is 0 Å². The molecule has 9 nitrogen and oxygen atoms in total. The molecule has 0 bridgehead atoms. The Morgan fingerprint density at radius 2 is 1.64 bits per heavy atom. The molecule has 0 radical (unpaired) electrons. The minimum absolute atomic E-state index is 0.0328. The highest BCUT2D eigenvalue weighted by Gasteiger charge is 2.26. The summed E-state index contributed by atoms with van der Waals surface area (Å²) in [6, 6.07) is 15.6. The molecule has 9 heteroatoms. The van der Waals surface area contributed by atoms with Crippen LogP contribution in [0.5, 0.6) is 5.75 Å². The number of carbonyl (C=O) groups is 3. The summed E-state index contributed by atoms with van der Waals surface area (Å²) >= 11 is 0. The Balaban J connectivity index is 1.43. The summed E-state index contributed by atoms with van der Waals surface area (Å²) in [5.41, 5.74) is 0.967. The molecule has 0 unspecified atom stereocenters. The first-order valence-corrected chi connectivity index (χ1v) is 12.0. The number of carbonyl (C=O) groups excluding carboxylic acids is 2. The number of likely N-dealkylation sites (tertiary alicyclic amines) is 1. The van der Waals surface area contributed by atoms with Crippen LogP contribution in [0.15, 0.2) is 54.6 Å². The summed E-state index contributed by atoms with van der Waals surface area (Å²) in [5, 5.41) is 11.9. The molecule has 1 aliphatic heterocycles. The van der Waals surface area contributed by atoms with Crippen LogP contribution >= 0.6 is 0 Å². The number of benzene rings is 2. The Bertz CT molecular complexity index is 1010. The topological polar surface area (TPSA) is 114 Å². The molecule has 0 aromatic heterocycles. The second kappa shape index (κ2) is 12.3. The second-order valence-corrected chi connectivity index (χ2v) is 9.73. The van der Waals surface area contributed by atoms with Gasteiger partial charge in [-0.2, -0.15) is 0 Å². The number of ether oxygens (including phenoxy) is 3. The predicted octanol–water partition coefficient (Wildman–Crippen LogP) is 4.39. The number of alkyl carbamates (subject to hydrolysis) is 1. The van der Waals surface area contributed by atoms with Crippen molar-refractivity contribution in [1.82, 2.24) is 10.2 Å². The Morgan fingerprint density at radius 3 is 2.22 bits per heavy atom. The molecule has 2 aromatic rings. The quantitative estimate of drug-likeness (QED) is 0.555. The van der Waals surface area contributed by atoms with Crippen molar-refractivity contribution >= 4 is 18.2 Å². The Morgan fingerprint density at radius 1 is 1.00 bits per heavy atom. The lowest BCUT2D eigenvalue weighted by Crippen LogP contribution is -2.44. The lowest BCUT2D eigenvalue weighted by Gasteiger charge is -2.31. The lowest BCUT2D eigenvalue weighted by atomic mass is 10.1. The lowest BCUT2D eigenvalue weighted by molar-refractivity contribution is -0.139. The van der Waals surface area contributed by atoms with E-state index in [1.54, 1.807) is 49.9 Å². The number of hydrogen-bond acceptors (Lipinski definition) is 6. The first-order chi connectivity index (χ1) is 17.1. The van der Waals surface area contributed by atoms with E-state index in [4.69, 9.17) is 14.2 Å². The van der Waals surface area contributed by atoms with E-state index in [1.807, 2.05) is 30.3 Å². The molecule has 1 saturated heterocycles. The molecular formula is C27H34N2O7. The summed E-state index contributed by atoms with van der Waals surface area (Å²) in [5.74, 6) is -0.480. The molecule has 0 spiro atoms. The summed E-state index contributed by atoms with van der Waals surface area (Å²) < 4.78 is 16.6. The number of carboxylic acids is 1. The number of rotatable bonds is 8. The third-order valence-electron chi connectivity index (χ3n) is 5.56. The van der Waals surface area contributed by atoms with E-state index in [9.17, 15) is 19.5 Å². The number of aliphatic carboxylic acids is 1. The fraction of sp³-hybridized carbons (Fsp3) is 0.444. The summed E-state index contributed by atoms with van der Waals surface area (Å²) in [7, 11) is 0. The van der Waals surface area contributed by atoms with Crippen LogP contribution in [0.4, 0.5) is 9.59 Å². The van der Waals surface area contributed by atoms with Crippen LogP contribution in [0.1, 0.15) is 44.7 Å². The molecular weight excluding hydrogens is 464 g/mol. The van der Waals surface area contributed by atoms with Gasteiger partial charge in [0.15, 0.2) is 0 Å². The van der Waals surface area contributed by atoms with Crippen molar-refractivity contribution < 1.29 is 33.7 Å². The molecule has 1 heterocycles. The smallest absolute Gasteiger partial charge is 0.410 e. The molecule has 36 heavy (non-hydrogen) atoms. The Kier molecular flexibility index (Phi) is 9.16. The molecule has 1 atom stereocenters. The molecule has 3 rings (SSSR count). The normalized spacial score (nSPS) is 15.0. The standard InChI is InChI=1S/C27H34N2O7/c1-27(2,3)36-25(32)28-23(24(30)31)17-19-9-11-21(12-10-19)35-22-13-15-29(16-14-22)26(33)34-18-20-7-5-4-6-8-20/h4-12,22-23H,13-18H2,1-3H3,(H,28,32)(H,30,31)/t23-/m0/s1. The van der Waals surface area contributed by atoms with Gasteiger partial charge >= 0.3 is 18.2 Å². The van der Waals surface area contributed by atoms with Crippen molar-refractivity contribution in [3.05, 3.63) is 65.7 Å². The number of carboxylic acid groups (broad SMARTS) is 1. The monoisotopic (exact) mass is 498 g/mol. The van der Waals surface area contributed by atoms with Gasteiger partial charge in [0.1, 0.15) is 30.1 Å². The zero-order valence-electron chi connectivity index (χ0n) is 20.9. The fourth-order valence-electron chi connectivity index (χ4n) is 3.75. The zero-order chi connectivity index (χ0) is 26.1. The van der Waals surface area contributed by atoms with Gasteiger partial charge in [-0.3, -0.25) is 0 Å². The van der Waals surface area contributed by atoms with E-state index >= 15 is 0 Å². The molecule has 194 valence electrons. The van der Waals surface area contributed by atoms with Gasteiger partial charge in [0.25, 0.3) is 0 Å². The van der Waals surface area contributed by atoms with Gasteiger partial charge in [0.2, 0.25) is 0 Å². The van der Waals surface area contributed by atoms with Crippen molar-refractivity contribution in [2.75, 3.05) is 13.1 Å². The van der Waals surface area contributed by atoms with E-state index in [1.165, 1.54) is 0 Å². The highest BCUT2D eigenvalue weighted by Crippen LogP contribution is 2.21. The van der Waals surface area contributed by atoms with Gasteiger partial charge in [0, 0.05) is 32.4 Å². The number of nitrogens with zero attached hydrogens (tertiary/aromatic N) is 1. The van der Waals surface area contributed by atoms with Gasteiger partial charge < -0.3 is 29.5 Å². The number of hydrogen-bond donors (Lipinski definition) is 2. The van der Waals surface area contributed by atoms with Crippen LogP contribution in [-0.4, -0.2) is 59.0 Å². The Hall–Kier alpha value is -3.75. The van der Waals surface area contributed by atoms with Crippen LogP contribution < -0.4 is 10.1 Å². The third-order valence-corrected chi connectivity index (χ3v) is 5.56. The average molecular weight is 499 g/mol. The van der Waals surface area contributed by atoms with E-state index < -0.39 is 23.7 Å². The van der Waals surface area contributed by atoms with E-state index in [-0.39, 0.29) is 25.2 Å². The van der Waals surface area contributed by atoms with Crippen molar-refractivity contribution in [3.8, 4) is 5.75 Å². The second-order valence-electron chi connectivity index (χ2n) is 9.73. The predicted molar refractivity (Wildman–Crippen MR) is 133 cm³/mol. The number of amides is 2. The van der Waals surface area contributed by atoms with E-state index in [2.05, 4.69) is 5.32 Å². The fourth-order valence-corrected chi connectivity index (χ4v) is 3.75. The maximum atomic E-state index is 12.3. The van der Waals surface area contributed by atoms with Crippen molar-refractivity contribution in [1.29, 1.82) is 0 Å². The van der Waals surface area contributed by atoms with Crippen molar-refractivity contribution in [2.45, 2.75) is 64.4 Å². The summed E-state index contributed by atoms with van der Waals surface area (Å²) in [4.78, 5) is 37.6. The highest BCUT2D eigenvalue weighted by molar-refractivity contribution is 5.80. The molecule has 1 aliphatic rings.